The second kappa shape index (κ2) is 18.3. The van der Waals surface area contributed by atoms with E-state index in [4.69, 9.17) is 57.8 Å². The number of aromatic nitrogens is 8. The standard InChI is InChI=1S/C35H48F2N10O14P2/c1-7-34(3,4)32(48)52-15-57-62(50)17-54-24-18(59-30(20(24)36)46-13-44-22-26(38)40-11-42-28(22)46)10-56-63(51,58-16-53-33(49)35(5,6)8-2)61-25-19(9-55-62)60-31(21(25)37)47-14-45-23-27(39)41-12-43-29(23)47/h11-14,18-21,24-25,30-31H,7-10,15-17H2,1-6H3,(H2,38,40,42)(H2,39,41,43)/t18-,19-,20-,21-,24-,25-,30-,31-,62?,63?/m1/s1. The van der Waals surface area contributed by atoms with Crippen molar-refractivity contribution in [2.24, 2.45) is 10.8 Å². The molecule has 0 radical (unpaired) electrons. The first kappa shape index (κ1) is 46.6. The minimum absolute atomic E-state index is 0.00736. The summed E-state index contributed by atoms with van der Waals surface area (Å²) in [6, 6.07) is 0. The lowest BCUT2D eigenvalue weighted by Crippen LogP contribution is -2.35. The molecular formula is C35H48F2N10O14P2. The summed E-state index contributed by atoms with van der Waals surface area (Å²) in [7, 11) is -9.80. The zero-order valence-corrected chi connectivity index (χ0v) is 36.8. The van der Waals surface area contributed by atoms with Crippen molar-refractivity contribution in [1.29, 1.82) is 0 Å². The molecular weight excluding hydrogens is 884 g/mol. The summed E-state index contributed by atoms with van der Waals surface area (Å²) in [6.45, 7) is 6.39. The number of carbonyl (C=O) groups is 2. The number of nitrogens with two attached hydrogens (primary N) is 2. The van der Waals surface area contributed by atoms with Crippen molar-refractivity contribution in [3.8, 4) is 0 Å². The lowest BCUT2D eigenvalue weighted by molar-refractivity contribution is -0.163. The predicted octanol–water partition coefficient (Wildman–Crippen LogP) is 4.28. The van der Waals surface area contributed by atoms with Crippen LogP contribution in [0.1, 0.15) is 66.8 Å². The maximum atomic E-state index is 16.9. The molecule has 0 amide bonds. The number of phosphoric acid groups is 1. The molecule has 0 saturated carbocycles. The minimum atomic E-state index is -5.13. The van der Waals surface area contributed by atoms with Gasteiger partial charge in [0.25, 0.3) is 0 Å². The maximum Gasteiger partial charge on any atom is 0.478 e. The Morgan fingerprint density at radius 1 is 0.746 bits per heavy atom. The fourth-order valence-electron chi connectivity index (χ4n) is 6.41. The number of halogens is 2. The van der Waals surface area contributed by atoms with Crippen LogP contribution in [0.15, 0.2) is 25.3 Å². The molecule has 63 heavy (non-hydrogen) atoms. The molecule has 2 unspecified atom stereocenters. The van der Waals surface area contributed by atoms with Crippen LogP contribution in [0.3, 0.4) is 0 Å². The van der Waals surface area contributed by atoms with E-state index in [9.17, 15) is 18.7 Å². The molecule has 3 saturated heterocycles. The third-order valence-corrected chi connectivity index (χ3v) is 14.0. The summed E-state index contributed by atoms with van der Waals surface area (Å²) in [5.41, 5.74) is 10.3. The number of nitrogens with zero attached hydrogens (tertiary/aromatic N) is 8. The Kier molecular flexibility index (Phi) is 13.5. The first-order valence-electron chi connectivity index (χ1n) is 19.7. The second-order valence-electron chi connectivity index (χ2n) is 16.0. The normalized spacial score (nSPS) is 30.9. The van der Waals surface area contributed by atoms with Gasteiger partial charge in [-0.3, -0.25) is 36.9 Å². The van der Waals surface area contributed by atoms with Crippen LogP contribution in [0.5, 0.6) is 0 Å². The molecule has 24 nitrogen and oxygen atoms in total. The van der Waals surface area contributed by atoms with Gasteiger partial charge in [-0.1, -0.05) is 13.8 Å². The second-order valence-corrected chi connectivity index (χ2v) is 19.6. The van der Waals surface area contributed by atoms with Gasteiger partial charge >= 0.3 is 27.4 Å². The first-order valence-corrected chi connectivity index (χ1v) is 22.9. The number of imidazole rings is 2. The molecule has 3 aliphatic rings. The van der Waals surface area contributed by atoms with Crippen LogP contribution in [0, 0.1) is 10.8 Å². The van der Waals surface area contributed by atoms with Crippen LogP contribution in [0.4, 0.5) is 20.4 Å². The van der Waals surface area contributed by atoms with Gasteiger partial charge in [-0.2, -0.15) is 0 Å². The van der Waals surface area contributed by atoms with E-state index in [1.165, 1.54) is 21.8 Å². The summed E-state index contributed by atoms with van der Waals surface area (Å²) in [5, 5.41) is 0. The fourth-order valence-corrected chi connectivity index (χ4v) is 8.84. The highest BCUT2D eigenvalue weighted by atomic mass is 31.2. The highest BCUT2D eigenvalue weighted by molar-refractivity contribution is 7.53. The summed E-state index contributed by atoms with van der Waals surface area (Å²) in [4.78, 5) is 50.0. The average molecular weight is 933 g/mol. The fraction of sp³-hybridized carbons (Fsp3) is 0.657. The van der Waals surface area contributed by atoms with E-state index in [0.717, 1.165) is 12.7 Å². The van der Waals surface area contributed by atoms with Crippen molar-refractivity contribution in [2.45, 2.75) is 104 Å². The van der Waals surface area contributed by atoms with Crippen LogP contribution in [-0.4, -0.2) is 121 Å². The molecule has 346 valence electrons. The topological polar surface area (TPSA) is 300 Å². The Labute approximate surface area is 358 Å². The predicted molar refractivity (Wildman–Crippen MR) is 211 cm³/mol. The Balaban J connectivity index is 1.23. The summed E-state index contributed by atoms with van der Waals surface area (Å²) in [5.74, 6) is -1.46. The lowest BCUT2D eigenvalue weighted by Gasteiger charge is -2.26. The molecule has 0 bridgehead atoms. The van der Waals surface area contributed by atoms with Crippen molar-refractivity contribution < 1.29 is 73.8 Å². The monoisotopic (exact) mass is 932 g/mol. The largest absolute Gasteiger partial charge is 0.478 e. The quantitative estimate of drug-likeness (QED) is 0.114. The number of carbonyl (C=O) groups excluding carboxylic acids is 2. The third-order valence-electron chi connectivity index (χ3n) is 11.1. The van der Waals surface area contributed by atoms with E-state index in [2.05, 4.69) is 29.9 Å². The zero-order chi connectivity index (χ0) is 45.5. The van der Waals surface area contributed by atoms with Gasteiger partial charge in [-0.25, -0.2) is 47.8 Å². The first-order chi connectivity index (χ1) is 29.8. The van der Waals surface area contributed by atoms with Gasteiger partial charge < -0.3 is 39.7 Å². The van der Waals surface area contributed by atoms with Crippen LogP contribution >= 0.6 is 15.4 Å². The van der Waals surface area contributed by atoms with Crippen molar-refractivity contribution >= 4 is 61.3 Å². The number of ether oxygens (including phenoxy) is 5. The molecule has 3 fully saturated rings. The molecule has 10 atom stereocenters. The Morgan fingerprint density at radius 2 is 1.22 bits per heavy atom. The highest BCUT2D eigenvalue weighted by Crippen LogP contribution is 2.56. The molecule has 0 aliphatic carbocycles. The average Bonchev–Trinajstić information content (AvgIpc) is 4.02. The van der Waals surface area contributed by atoms with E-state index < -0.39 is 121 Å². The van der Waals surface area contributed by atoms with Crippen LogP contribution in [0.2, 0.25) is 0 Å². The number of esters is 2. The number of alkyl halides is 2. The number of fused-ring (bicyclic) bond motifs is 4. The van der Waals surface area contributed by atoms with Crippen molar-refractivity contribution in [3.63, 3.8) is 0 Å². The van der Waals surface area contributed by atoms with E-state index in [1.54, 1.807) is 41.5 Å². The number of hydrogen-bond acceptors (Lipinski definition) is 22. The van der Waals surface area contributed by atoms with Gasteiger partial charge in [0, 0.05) is 0 Å². The summed E-state index contributed by atoms with van der Waals surface area (Å²) in [6.07, 6.45) is -10.0. The Morgan fingerprint density at radius 3 is 1.75 bits per heavy atom. The minimum Gasteiger partial charge on any atom is -0.438 e. The highest BCUT2D eigenvalue weighted by Gasteiger charge is 2.55. The van der Waals surface area contributed by atoms with E-state index in [1.807, 2.05) is 0 Å². The van der Waals surface area contributed by atoms with Crippen LogP contribution in [0.25, 0.3) is 22.3 Å². The number of nitrogen functional groups attached to an aromatic ring is 2. The van der Waals surface area contributed by atoms with E-state index in [0.29, 0.717) is 12.8 Å². The molecule has 4 aromatic rings. The van der Waals surface area contributed by atoms with Gasteiger partial charge in [-0.05, 0) is 40.5 Å². The molecule has 7 rings (SSSR count). The van der Waals surface area contributed by atoms with Crippen molar-refractivity contribution in [3.05, 3.63) is 25.3 Å². The van der Waals surface area contributed by atoms with Gasteiger partial charge in [0.05, 0.1) is 36.7 Å². The summed E-state index contributed by atoms with van der Waals surface area (Å²) >= 11 is 0. The summed E-state index contributed by atoms with van der Waals surface area (Å²) < 4.78 is 122. The SMILES string of the molecule is CCC(C)(C)C(=O)OCOP1(=O)CO[C@H]2[C@@H](F)[C@H](n3cnc4c(N)ncnc43)O[C@@H]2COP(=O)(OCOC(=O)C(C)(C)CC)O[C@H]2[C@@H](F)[C@H](n3cnc4c(N)ncnc43)O[C@@H]2CO1. The maximum absolute atomic E-state index is 16.9. The van der Waals surface area contributed by atoms with Crippen LogP contribution < -0.4 is 11.5 Å². The number of anilines is 2. The van der Waals surface area contributed by atoms with Gasteiger partial charge in [-0.15, -0.1) is 0 Å². The number of hydrogen-bond donors (Lipinski definition) is 2. The molecule has 7 heterocycles. The van der Waals surface area contributed by atoms with E-state index in [-0.39, 0.29) is 34.0 Å². The van der Waals surface area contributed by atoms with Crippen molar-refractivity contribution in [2.75, 3.05) is 44.6 Å². The Hall–Kier alpha value is -4.36. The zero-order valence-electron chi connectivity index (χ0n) is 35.0. The number of rotatable bonds is 12. The molecule has 4 N–H and O–H groups in total. The lowest BCUT2D eigenvalue weighted by atomic mass is 9.91. The van der Waals surface area contributed by atoms with Crippen LogP contribution in [-0.2, 0) is 65.0 Å². The van der Waals surface area contributed by atoms with E-state index >= 15 is 8.78 Å². The Bertz CT molecular complexity index is 2410. The molecule has 0 aromatic carbocycles. The molecule has 0 spiro atoms. The van der Waals surface area contributed by atoms with Gasteiger partial charge in [0.2, 0.25) is 13.6 Å². The third kappa shape index (κ3) is 9.56. The van der Waals surface area contributed by atoms with Gasteiger partial charge in [0.1, 0.15) is 54.5 Å². The molecule has 4 aromatic heterocycles. The molecule has 3 aliphatic heterocycles. The van der Waals surface area contributed by atoms with Gasteiger partial charge in [0.15, 0.2) is 47.7 Å². The smallest absolute Gasteiger partial charge is 0.438 e. The van der Waals surface area contributed by atoms with Crippen molar-refractivity contribution in [1.82, 2.24) is 39.0 Å². The molecule has 28 heteroatoms. The number of phosphoric ester groups is 1.